The molecule has 0 fully saturated rings. The number of methoxy groups -OCH3 is 1. The molecule has 0 saturated heterocycles. The number of amides is 1. The molecule has 1 amide bonds. The predicted molar refractivity (Wildman–Crippen MR) is 108 cm³/mol. The van der Waals surface area contributed by atoms with Gasteiger partial charge in [0.25, 0.3) is 5.91 Å². The smallest absolute Gasteiger partial charge is 0.274 e. The van der Waals surface area contributed by atoms with Crippen molar-refractivity contribution in [1.82, 2.24) is 9.97 Å². The van der Waals surface area contributed by atoms with E-state index < -0.39 is 0 Å². The van der Waals surface area contributed by atoms with Crippen LogP contribution < -0.4 is 20.1 Å². The Hall–Kier alpha value is -3.61. The molecule has 0 atom stereocenters. The third kappa shape index (κ3) is 4.76. The highest BCUT2D eigenvalue weighted by atomic mass is 16.5. The van der Waals surface area contributed by atoms with Gasteiger partial charge in [0.15, 0.2) is 0 Å². The highest BCUT2D eigenvalue weighted by molar-refractivity contribution is 6.03. The van der Waals surface area contributed by atoms with Gasteiger partial charge in [0.2, 0.25) is 5.95 Å². The second kappa shape index (κ2) is 8.85. The first-order valence-corrected chi connectivity index (χ1v) is 8.87. The summed E-state index contributed by atoms with van der Waals surface area (Å²) in [6, 6.07) is 16.2. The first-order chi connectivity index (χ1) is 13.6. The van der Waals surface area contributed by atoms with Gasteiger partial charge >= 0.3 is 0 Å². The van der Waals surface area contributed by atoms with E-state index in [-0.39, 0.29) is 17.7 Å². The van der Waals surface area contributed by atoms with Crippen molar-refractivity contribution in [2.45, 2.75) is 20.0 Å². The Morgan fingerprint density at radius 1 is 0.964 bits per heavy atom. The van der Waals surface area contributed by atoms with E-state index in [0.29, 0.717) is 23.1 Å². The molecule has 2 aromatic carbocycles. The maximum atomic E-state index is 12.6. The number of benzene rings is 2. The van der Waals surface area contributed by atoms with E-state index in [1.54, 1.807) is 25.3 Å². The van der Waals surface area contributed by atoms with E-state index in [9.17, 15) is 4.79 Å². The lowest BCUT2D eigenvalue weighted by atomic mass is 10.2. The van der Waals surface area contributed by atoms with Gasteiger partial charge < -0.3 is 20.1 Å². The van der Waals surface area contributed by atoms with Gasteiger partial charge in [-0.2, -0.15) is 0 Å². The van der Waals surface area contributed by atoms with Crippen LogP contribution in [0.1, 0.15) is 24.3 Å². The fourth-order valence-electron chi connectivity index (χ4n) is 2.53. The Balaban J connectivity index is 1.78. The number of aromatic nitrogens is 2. The number of ether oxygens (including phenoxy) is 2. The van der Waals surface area contributed by atoms with Crippen LogP contribution >= 0.6 is 0 Å². The van der Waals surface area contributed by atoms with E-state index in [2.05, 4.69) is 20.6 Å². The quantitative estimate of drug-likeness (QED) is 0.639. The molecule has 7 heteroatoms. The standard InChI is InChI=1S/C21H22N4O3/c1-14(2)28-19-11-7-5-9-16(19)24-21-22-13-12-17(25-21)20(26)23-15-8-4-6-10-18(15)27-3/h4-14H,1-3H3,(H,23,26)(H,22,24,25). The number of nitrogens with one attached hydrogen (secondary N) is 2. The lowest BCUT2D eigenvalue weighted by Crippen LogP contribution is -2.15. The topological polar surface area (TPSA) is 85.4 Å². The van der Waals surface area contributed by atoms with Gasteiger partial charge in [0.05, 0.1) is 24.6 Å². The second-order valence-electron chi connectivity index (χ2n) is 6.21. The molecule has 0 spiro atoms. The number of anilines is 3. The monoisotopic (exact) mass is 378 g/mol. The third-order valence-electron chi connectivity index (χ3n) is 3.74. The van der Waals surface area contributed by atoms with Crippen molar-refractivity contribution in [3.8, 4) is 11.5 Å². The first-order valence-electron chi connectivity index (χ1n) is 8.87. The molecular weight excluding hydrogens is 356 g/mol. The van der Waals surface area contributed by atoms with Gasteiger partial charge in [0, 0.05) is 6.20 Å². The summed E-state index contributed by atoms with van der Waals surface area (Å²) in [6.07, 6.45) is 1.56. The minimum atomic E-state index is -0.360. The van der Waals surface area contributed by atoms with Crippen molar-refractivity contribution in [2.75, 3.05) is 17.7 Å². The van der Waals surface area contributed by atoms with Gasteiger partial charge in [-0.15, -0.1) is 0 Å². The SMILES string of the molecule is COc1ccccc1NC(=O)c1ccnc(Nc2ccccc2OC(C)C)n1. The fourth-order valence-corrected chi connectivity index (χ4v) is 2.53. The summed E-state index contributed by atoms with van der Waals surface area (Å²) >= 11 is 0. The molecule has 0 aliphatic heterocycles. The van der Waals surface area contributed by atoms with Crippen LogP contribution in [0.15, 0.2) is 60.8 Å². The highest BCUT2D eigenvalue weighted by Crippen LogP contribution is 2.27. The second-order valence-corrected chi connectivity index (χ2v) is 6.21. The molecule has 3 aromatic rings. The molecule has 2 N–H and O–H groups in total. The molecule has 1 aromatic heterocycles. The third-order valence-corrected chi connectivity index (χ3v) is 3.74. The van der Waals surface area contributed by atoms with E-state index in [4.69, 9.17) is 9.47 Å². The number of rotatable bonds is 7. The molecule has 0 saturated carbocycles. The predicted octanol–water partition coefficient (Wildman–Crippen LogP) is 4.27. The van der Waals surface area contributed by atoms with Gasteiger partial charge in [0.1, 0.15) is 17.2 Å². The van der Waals surface area contributed by atoms with Crippen molar-refractivity contribution in [1.29, 1.82) is 0 Å². The molecule has 0 radical (unpaired) electrons. The average molecular weight is 378 g/mol. The number of hydrogen-bond donors (Lipinski definition) is 2. The lowest BCUT2D eigenvalue weighted by Gasteiger charge is -2.15. The summed E-state index contributed by atoms with van der Waals surface area (Å²) in [5.74, 6) is 1.20. The number of carbonyl (C=O) groups is 1. The van der Waals surface area contributed by atoms with Crippen LogP contribution in [0, 0.1) is 0 Å². The van der Waals surface area contributed by atoms with Crippen LogP contribution in [0.25, 0.3) is 0 Å². The molecular formula is C21H22N4O3. The molecule has 0 bridgehead atoms. The van der Waals surface area contributed by atoms with E-state index in [1.807, 2.05) is 50.2 Å². The van der Waals surface area contributed by atoms with Crippen LogP contribution in [0.5, 0.6) is 11.5 Å². The lowest BCUT2D eigenvalue weighted by molar-refractivity contribution is 0.102. The maximum absolute atomic E-state index is 12.6. The van der Waals surface area contributed by atoms with E-state index in [1.165, 1.54) is 6.20 Å². The van der Waals surface area contributed by atoms with E-state index >= 15 is 0 Å². The summed E-state index contributed by atoms with van der Waals surface area (Å²) in [5, 5.41) is 5.91. The molecule has 7 nitrogen and oxygen atoms in total. The Bertz CT molecular complexity index is 960. The van der Waals surface area contributed by atoms with Crippen LogP contribution in [0.3, 0.4) is 0 Å². The van der Waals surface area contributed by atoms with E-state index in [0.717, 1.165) is 5.69 Å². The first kappa shape index (κ1) is 19.2. The summed E-state index contributed by atoms with van der Waals surface area (Å²) in [7, 11) is 1.55. The molecule has 1 heterocycles. The van der Waals surface area contributed by atoms with Crippen LogP contribution in [0.2, 0.25) is 0 Å². The van der Waals surface area contributed by atoms with Crippen LogP contribution in [-0.4, -0.2) is 29.1 Å². The summed E-state index contributed by atoms with van der Waals surface area (Å²) in [6.45, 7) is 3.91. The molecule has 0 unspecified atom stereocenters. The minimum absolute atomic E-state index is 0.0295. The minimum Gasteiger partial charge on any atom is -0.495 e. The van der Waals surface area contributed by atoms with Gasteiger partial charge in [-0.1, -0.05) is 24.3 Å². The highest BCUT2D eigenvalue weighted by Gasteiger charge is 2.13. The van der Waals surface area contributed by atoms with Crippen molar-refractivity contribution in [2.24, 2.45) is 0 Å². The summed E-state index contributed by atoms with van der Waals surface area (Å²) in [5.41, 5.74) is 1.52. The molecule has 3 rings (SSSR count). The van der Waals surface area contributed by atoms with Crippen LogP contribution in [-0.2, 0) is 0 Å². The zero-order valence-corrected chi connectivity index (χ0v) is 16.0. The molecule has 144 valence electrons. The Kier molecular flexibility index (Phi) is 6.06. The van der Waals surface area contributed by atoms with Crippen molar-refractivity contribution in [3.05, 3.63) is 66.5 Å². The molecule has 0 aliphatic rings. The molecule has 0 aliphatic carbocycles. The maximum Gasteiger partial charge on any atom is 0.274 e. The zero-order chi connectivity index (χ0) is 19.9. The van der Waals surface area contributed by atoms with Crippen molar-refractivity contribution < 1.29 is 14.3 Å². The number of carbonyl (C=O) groups excluding carboxylic acids is 1. The van der Waals surface area contributed by atoms with Crippen molar-refractivity contribution >= 4 is 23.2 Å². The number of nitrogens with zero attached hydrogens (tertiary/aromatic N) is 2. The summed E-state index contributed by atoms with van der Waals surface area (Å²) in [4.78, 5) is 21.1. The largest absolute Gasteiger partial charge is 0.495 e. The van der Waals surface area contributed by atoms with Gasteiger partial charge in [-0.05, 0) is 44.2 Å². The zero-order valence-electron chi connectivity index (χ0n) is 16.0. The fraction of sp³-hybridized carbons (Fsp3) is 0.190. The Morgan fingerprint density at radius 2 is 1.64 bits per heavy atom. The Labute approximate surface area is 163 Å². The average Bonchev–Trinajstić information content (AvgIpc) is 2.70. The summed E-state index contributed by atoms with van der Waals surface area (Å²) < 4.78 is 11.0. The number of hydrogen-bond acceptors (Lipinski definition) is 6. The number of para-hydroxylation sites is 4. The molecule has 28 heavy (non-hydrogen) atoms. The van der Waals surface area contributed by atoms with Gasteiger partial charge in [-0.25, -0.2) is 9.97 Å². The normalized spacial score (nSPS) is 10.4. The van der Waals surface area contributed by atoms with Crippen LogP contribution in [0.4, 0.5) is 17.3 Å². The van der Waals surface area contributed by atoms with Crippen molar-refractivity contribution in [3.63, 3.8) is 0 Å². The van der Waals surface area contributed by atoms with Gasteiger partial charge in [-0.3, -0.25) is 4.79 Å². The Morgan fingerprint density at radius 3 is 2.36 bits per heavy atom.